The molecular weight excluding hydrogens is 200 g/mol. The minimum atomic E-state index is -0.0524. The van der Waals surface area contributed by atoms with Crippen molar-refractivity contribution in [1.82, 2.24) is 9.78 Å². The van der Waals surface area contributed by atoms with Crippen molar-refractivity contribution in [3.8, 4) is 5.69 Å². The fourth-order valence-electron chi connectivity index (χ4n) is 1.60. The second-order valence-electron chi connectivity index (χ2n) is 3.72. The van der Waals surface area contributed by atoms with Crippen LogP contribution in [0.2, 0.25) is 0 Å². The summed E-state index contributed by atoms with van der Waals surface area (Å²) in [6.07, 6.45) is 0.827. The van der Waals surface area contributed by atoms with Crippen LogP contribution in [0.25, 0.3) is 5.69 Å². The Labute approximate surface area is 94.4 Å². The molecular formula is C13H14N2O. The Hall–Kier alpha value is -1.90. The molecule has 1 aromatic heterocycles. The summed E-state index contributed by atoms with van der Waals surface area (Å²) in [5.41, 5.74) is 2.42. The van der Waals surface area contributed by atoms with Crippen LogP contribution in [0.1, 0.15) is 18.2 Å². The van der Waals surface area contributed by atoms with Crippen molar-refractivity contribution < 1.29 is 0 Å². The fraction of sp³-hybridized carbons (Fsp3) is 0.231. The van der Waals surface area contributed by atoms with Gasteiger partial charge in [-0.15, -0.1) is 0 Å². The second-order valence-corrected chi connectivity index (χ2v) is 3.72. The predicted octanol–water partition coefficient (Wildman–Crippen LogP) is 2.10. The maximum Gasteiger partial charge on any atom is 0.274 e. The highest BCUT2D eigenvalue weighted by Gasteiger charge is 2.05. The molecule has 0 amide bonds. The maximum atomic E-state index is 11.9. The fourth-order valence-corrected chi connectivity index (χ4v) is 1.60. The molecule has 3 heteroatoms. The van der Waals surface area contributed by atoms with Crippen molar-refractivity contribution in [2.45, 2.75) is 20.3 Å². The molecule has 0 saturated heterocycles. The second kappa shape index (κ2) is 4.31. The van der Waals surface area contributed by atoms with Gasteiger partial charge in [0.15, 0.2) is 0 Å². The van der Waals surface area contributed by atoms with E-state index in [0.717, 1.165) is 23.4 Å². The molecule has 82 valence electrons. The molecule has 0 aliphatic carbocycles. The molecule has 0 N–H and O–H groups in total. The van der Waals surface area contributed by atoms with Crippen molar-refractivity contribution in [3.05, 3.63) is 58.0 Å². The van der Waals surface area contributed by atoms with Crippen molar-refractivity contribution >= 4 is 0 Å². The van der Waals surface area contributed by atoms with Gasteiger partial charge in [0, 0.05) is 5.56 Å². The molecule has 3 nitrogen and oxygen atoms in total. The van der Waals surface area contributed by atoms with Crippen molar-refractivity contribution in [3.63, 3.8) is 0 Å². The molecule has 2 aromatic rings. The molecule has 0 radical (unpaired) electrons. The highest BCUT2D eigenvalue weighted by molar-refractivity contribution is 5.31. The summed E-state index contributed by atoms with van der Waals surface area (Å²) in [4.78, 5) is 11.9. The first-order chi connectivity index (χ1) is 7.72. The van der Waals surface area contributed by atoms with Gasteiger partial charge in [0.1, 0.15) is 0 Å². The third-order valence-corrected chi connectivity index (χ3v) is 2.50. The lowest BCUT2D eigenvalue weighted by Crippen LogP contribution is -2.24. The Morgan fingerprint density at radius 2 is 1.94 bits per heavy atom. The SMILES string of the molecule is CCc1cc(C)c(=O)n(-c2ccccc2)n1. The number of para-hydroxylation sites is 1. The van der Waals surface area contributed by atoms with Gasteiger partial charge in [0.2, 0.25) is 0 Å². The minimum absolute atomic E-state index is 0.0524. The zero-order valence-corrected chi connectivity index (χ0v) is 9.47. The first kappa shape index (κ1) is 10.6. The number of aromatic nitrogens is 2. The minimum Gasteiger partial charge on any atom is -0.267 e. The summed E-state index contributed by atoms with van der Waals surface area (Å²) in [6.45, 7) is 3.85. The van der Waals surface area contributed by atoms with E-state index in [-0.39, 0.29) is 5.56 Å². The van der Waals surface area contributed by atoms with Crippen LogP contribution in [0, 0.1) is 6.92 Å². The van der Waals surface area contributed by atoms with E-state index >= 15 is 0 Å². The Balaban J connectivity index is 2.65. The molecule has 0 aliphatic rings. The van der Waals surface area contributed by atoms with Crippen LogP contribution in [-0.2, 0) is 6.42 Å². The van der Waals surface area contributed by atoms with Gasteiger partial charge in [0.25, 0.3) is 5.56 Å². The highest BCUT2D eigenvalue weighted by Crippen LogP contribution is 2.04. The molecule has 0 atom stereocenters. The first-order valence-electron chi connectivity index (χ1n) is 5.37. The topological polar surface area (TPSA) is 34.9 Å². The molecule has 0 spiro atoms. The summed E-state index contributed by atoms with van der Waals surface area (Å²) in [5, 5.41) is 4.33. The summed E-state index contributed by atoms with van der Waals surface area (Å²) in [7, 11) is 0. The van der Waals surface area contributed by atoms with E-state index in [1.165, 1.54) is 4.68 Å². The van der Waals surface area contributed by atoms with Gasteiger partial charge in [-0.1, -0.05) is 25.1 Å². The molecule has 16 heavy (non-hydrogen) atoms. The van der Waals surface area contributed by atoms with E-state index in [9.17, 15) is 4.79 Å². The number of nitrogens with zero attached hydrogens (tertiary/aromatic N) is 2. The molecule has 0 unspecified atom stereocenters. The van der Waals surface area contributed by atoms with E-state index < -0.39 is 0 Å². The van der Waals surface area contributed by atoms with Crippen LogP contribution in [0.5, 0.6) is 0 Å². The van der Waals surface area contributed by atoms with Gasteiger partial charge in [-0.3, -0.25) is 4.79 Å². The van der Waals surface area contributed by atoms with Crippen molar-refractivity contribution in [1.29, 1.82) is 0 Å². The average molecular weight is 214 g/mol. The summed E-state index contributed by atoms with van der Waals surface area (Å²) in [6, 6.07) is 11.3. The van der Waals surface area contributed by atoms with Crippen LogP contribution in [-0.4, -0.2) is 9.78 Å². The van der Waals surface area contributed by atoms with Gasteiger partial charge in [0.05, 0.1) is 11.4 Å². The third kappa shape index (κ3) is 1.89. The summed E-state index contributed by atoms with van der Waals surface area (Å²) >= 11 is 0. The number of aryl methyl sites for hydroxylation is 2. The van der Waals surface area contributed by atoms with Gasteiger partial charge < -0.3 is 0 Å². The number of hydrogen-bond acceptors (Lipinski definition) is 2. The normalized spacial score (nSPS) is 10.4. The Morgan fingerprint density at radius 3 is 2.56 bits per heavy atom. The molecule has 0 aliphatic heterocycles. The molecule has 0 bridgehead atoms. The lowest BCUT2D eigenvalue weighted by molar-refractivity contribution is 0.756. The van der Waals surface area contributed by atoms with E-state index in [0.29, 0.717) is 0 Å². The lowest BCUT2D eigenvalue weighted by Gasteiger charge is -2.07. The lowest BCUT2D eigenvalue weighted by atomic mass is 10.2. The number of hydrogen-bond donors (Lipinski definition) is 0. The zero-order valence-electron chi connectivity index (χ0n) is 9.47. The van der Waals surface area contributed by atoms with Crippen LogP contribution in [0.4, 0.5) is 0 Å². The first-order valence-corrected chi connectivity index (χ1v) is 5.37. The Kier molecular flexibility index (Phi) is 2.86. The molecule has 0 fully saturated rings. The number of benzene rings is 1. The van der Waals surface area contributed by atoms with Crippen molar-refractivity contribution in [2.24, 2.45) is 0 Å². The van der Waals surface area contributed by atoms with E-state index in [1.54, 1.807) is 0 Å². The quantitative estimate of drug-likeness (QED) is 0.767. The Bertz CT molecular complexity index is 544. The smallest absolute Gasteiger partial charge is 0.267 e. The van der Waals surface area contributed by atoms with Gasteiger partial charge in [-0.25, -0.2) is 0 Å². The average Bonchev–Trinajstić information content (AvgIpc) is 2.33. The van der Waals surface area contributed by atoms with Crippen LogP contribution in [0.3, 0.4) is 0 Å². The zero-order chi connectivity index (χ0) is 11.5. The molecule has 1 aromatic carbocycles. The Morgan fingerprint density at radius 1 is 1.25 bits per heavy atom. The van der Waals surface area contributed by atoms with E-state index in [1.807, 2.05) is 50.2 Å². The van der Waals surface area contributed by atoms with Gasteiger partial charge in [-0.2, -0.15) is 9.78 Å². The van der Waals surface area contributed by atoms with E-state index in [2.05, 4.69) is 5.10 Å². The van der Waals surface area contributed by atoms with Crippen LogP contribution < -0.4 is 5.56 Å². The van der Waals surface area contributed by atoms with Crippen LogP contribution in [0.15, 0.2) is 41.2 Å². The standard InChI is InChI=1S/C13H14N2O/c1-3-11-9-10(2)13(16)15(14-11)12-7-5-4-6-8-12/h4-9H,3H2,1-2H3. The third-order valence-electron chi connectivity index (χ3n) is 2.50. The maximum absolute atomic E-state index is 11.9. The summed E-state index contributed by atoms with van der Waals surface area (Å²) < 4.78 is 1.47. The summed E-state index contributed by atoms with van der Waals surface area (Å²) in [5.74, 6) is 0. The highest BCUT2D eigenvalue weighted by atomic mass is 16.1. The number of rotatable bonds is 2. The molecule has 0 saturated carbocycles. The van der Waals surface area contributed by atoms with Crippen molar-refractivity contribution in [2.75, 3.05) is 0 Å². The monoisotopic (exact) mass is 214 g/mol. The van der Waals surface area contributed by atoms with E-state index in [4.69, 9.17) is 0 Å². The predicted molar refractivity (Wildman–Crippen MR) is 63.9 cm³/mol. The van der Waals surface area contributed by atoms with Gasteiger partial charge >= 0.3 is 0 Å². The molecule has 1 heterocycles. The largest absolute Gasteiger partial charge is 0.274 e. The van der Waals surface area contributed by atoms with Gasteiger partial charge in [-0.05, 0) is 31.5 Å². The van der Waals surface area contributed by atoms with Crippen LogP contribution >= 0.6 is 0 Å². The molecule has 2 rings (SSSR count).